The SMILES string of the molecule is CC(=O)Nc1ccc(N2CC(C(=O)Nc3ccc(S(=O)(=O)N4CCC(C)CC4)cc3)CC2=O)cc1. The lowest BCUT2D eigenvalue weighted by molar-refractivity contribution is -0.122. The van der Waals surface area contributed by atoms with Crippen molar-refractivity contribution in [1.29, 1.82) is 0 Å². The van der Waals surface area contributed by atoms with E-state index in [0.717, 1.165) is 12.8 Å². The second-order valence-electron chi connectivity index (χ2n) is 9.23. The molecule has 1 unspecified atom stereocenters. The van der Waals surface area contributed by atoms with Gasteiger partial charge in [-0.2, -0.15) is 4.31 Å². The zero-order chi connectivity index (χ0) is 25.2. The molecule has 3 amide bonds. The second kappa shape index (κ2) is 10.2. The molecule has 2 aliphatic rings. The van der Waals surface area contributed by atoms with E-state index in [1.54, 1.807) is 41.3 Å². The van der Waals surface area contributed by atoms with Gasteiger partial charge in [-0.05, 0) is 67.3 Å². The van der Waals surface area contributed by atoms with Crippen molar-refractivity contribution in [3.63, 3.8) is 0 Å². The van der Waals surface area contributed by atoms with Crippen molar-refractivity contribution in [2.24, 2.45) is 11.8 Å². The van der Waals surface area contributed by atoms with Crippen molar-refractivity contribution < 1.29 is 22.8 Å². The molecule has 4 rings (SSSR count). The van der Waals surface area contributed by atoms with Gasteiger partial charge < -0.3 is 15.5 Å². The van der Waals surface area contributed by atoms with Crippen LogP contribution >= 0.6 is 0 Å². The molecular formula is C25H30N4O5S. The van der Waals surface area contributed by atoms with E-state index >= 15 is 0 Å². The zero-order valence-corrected chi connectivity index (χ0v) is 20.7. The number of hydrogen-bond donors (Lipinski definition) is 2. The van der Waals surface area contributed by atoms with Crippen LogP contribution in [0, 0.1) is 11.8 Å². The average molecular weight is 499 g/mol. The summed E-state index contributed by atoms with van der Waals surface area (Å²) in [4.78, 5) is 38.3. The Balaban J connectivity index is 1.36. The van der Waals surface area contributed by atoms with Crippen LogP contribution in [0.1, 0.15) is 33.1 Å². The molecule has 186 valence electrons. The van der Waals surface area contributed by atoms with Crippen LogP contribution < -0.4 is 15.5 Å². The molecule has 10 heteroatoms. The van der Waals surface area contributed by atoms with Gasteiger partial charge in [0.1, 0.15) is 0 Å². The number of benzene rings is 2. The van der Waals surface area contributed by atoms with Crippen molar-refractivity contribution in [2.45, 2.75) is 38.0 Å². The van der Waals surface area contributed by atoms with E-state index in [1.807, 2.05) is 0 Å². The van der Waals surface area contributed by atoms with Crippen LogP contribution in [-0.4, -0.2) is 50.1 Å². The van der Waals surface area contributed by atoms with Gasteiger partial charge in [-0.3, -0.25) is 14.4 Å². The van der Waals surface area contributed by atoms with Crippen LogP contribution in [0.5, 0.6) is 0 Å². The quantitative estimate of drug-likeness (QED) is 0.635. The summed E-state index contributed by atoms with van der Waals surface area (Å²) in [5.74, 6) is -0.638. The number of sulfonamides is 1. The minimum Gasteiger partial charge on any atom is -0.326 e. The number of nitrogens with zero attached hydrogens (tertiary/aromatic N) is 2. The third kappa shape index (κ3) is 5.71. The molecule has 1 atom stereocenters. The number of carbonyl (C=O) groups is 3. The van der Waals surface area contributed by atoms with Gasteiger partial charge in [0.05, 0.1) is 10.8 Å². The first-order valence-electron chi connectivity index (χ1n) is 11.7. The minimum atomic E-state index is -3.56. The molecule has 0 radical (unpaired) electrons. The molecule has 2 fully saturated rings. The number of carbonyl (C=O) groups excluding carboxylic acids is 3. The second-order valence-corrected chi connectivity index (χ2v) is 11.2. The van der Waals surface area contributed by atoms with E-state index in [2.05, 4.69) is 17.6 Å². The van der Waals surface area contributed by atoms with E-state index in [1.165, 1.54) is 23.4 Å². The molecule has 2 aromatic rings. The van der Waals surface area contributed by atoms with Crippen molar-refractivity contribution in [1.82, 2.24) is 4.31 Å². The summed E-state index contributed by atoms with van der Waals surface area (Å²) in [6, 6.07) is 13.0. The summed E-state index contributed by atoms with van der Waals surface area (Å²) < 4.78 is 27.3. The van der Waals surface area contributed by atoms with E-state index in [9.17, 15) is 22.8 Å². The van der Waals surface area contributed by atoms with Gasteiger partial charge in [-0.15, -0.1) is 0 Å². The predicted octanol–water partition coefficient (Wildman–Crippen LogP) is 3.06. The fourth-order valence-corrected chi connectivity index (χ4v) is 5.86. The maximum absolute atomic E-state index is 12.9. The van der Waals surface area contributed by atoms with Gasteiger partial charge in [0.25, 0.3) is 0 Å². The van der Waals surface area contributed by atoms with Gasteiger partial charge in [0, 0.05) is 50.0 Å². The van der Waals surface area contributed by atoms with Gasteiger partial charge >= 0.3 is 0 Å². The Labute approximate surface area is 205 Å². The summed E-state index contributed by atoms with van der Waals surface area (Å²) >= 11 is 0. The topological polar surface area (TPSA) is 116 Å². The third-order valence-electron chi connectivity index (χ3n) is 6.50. The van der Waals surface area contributed by atoms with Crippen molar-refractivity contribution in [3.05, 3.63) is 48.5 Å². The molecule has 2 saturated heterocycles. The van der Waals surface area contributed by atoms with Crippen LogP contribution in [0.25, 0.3) is 0 Å². The maximum Gasteiger partial charge on any atom is 0.243 e. The number of rotatable bonds is 6. The van der Waals surface area contributed by atoms with Gasteiger partial charge in [0.15, 0.2) is 0 Å². The number of nitrogens with one attached hydrogen (secondary N) is 2. The summed E-state index contributed by atoms with van der Waals surface area (Å²) in [6.07, 6.45) is 1.78. The minimum absolute atomic E-state index is 0.0825. The van der Waals surface area contributed by atoms with Crippen LogP contribution in [-0.2, 0) is 24.4 Å². The lowest BCUT2D eigenvalue weighted by Gasteiger charge is -2.29. The predicted molar refractivity (Wildman–Crippen MR) is 133 cm³/mol. The molecule has 35 heavy (non-hydrogen) atoms. The first-order chi connectivity index (χ1) is 16.6. The first-order valence-corrected chi connectivity index (χ1v) is 13.2. The highest BCUT2D eigenvalue weighted by Gasteiger charge is 2.35. The van der Waals surface area contributed by atoms with Crippen molar-refractivity contribution in [2.75, 3.05) is 35.2 Å². The molecule has 2 heterocycles. The van der Waals surface area contributed by atoms with E-state index in [4.69, 9.17) is 0 Å². The molecule has 0 saturated carbocycles. The maximum atomic E-state index is 12.9. The van der Waals surface area contributed by atoms with Crippen LogP contribution in [0.15, 0.2) is 53.4 Å². The lowest BCUT2D eigenvalue weighted by Crippen LogP contribution is -2.37. The van der Waals surface area contributed by atoms with E-state index in [0.29, 0.717) is 36.1 Å². The van der Waals surface area contributed by atoms with Crippen molar-refractivity contribution in [3.8, 4) is 0 Å². The molecule has 0 aromatic heterocycles. The third-order valence-corrected chi connectivity index (χ3v) is 8.41. The van der Waals surface area contributed by atoms with Crippen molar-refractivity contribution >= 4 is 44.8 Å². The fourth-order valence-electron chi connectivity index (χ4n) is 4.39. The Morgan fingerprint density at radius 2 is 1.49 bits per heavy atom. The Bertz CT molecular complexity index is 1200. The van der Waals surface area contributed by atoms with Crippen LogP contribution in [0.3, 0.4) is 0 Å². The Kier molecular flexibility index (Phi) is 7.23. The standard InChI is InChI=1S/C25H30N4O5S/c1-17-11-13-28(14-12-17)35(33,34)23-9-5-21(6-10-23)27-25(32)19-15-24(31)29(16-19)22-7-3-20(4-8-22)26-18(2)30/h3-10,17,19H,11-16H2,1-2H3,(H,26,30)(H,27,32). The van der Waals surface area contributed by atoms with E-state index in [-0.39, 0.29) is 35.6 Å². The van der Waals surface area contributed by atoms with Crippen LogP contribution in [0.2, 0.25) is 0 Å². The molecule has 9 nitrogen and oxygen atoms in total. The van der Waals surface area contributed by atoms with Crippen LogP contribution in [0.4, 0.5) is 17.1 Å². The highest BCUT2D eigenvalue weighted by Crippen LogP contribution is 2.28. The number of amides is 3. The smallest absolute Gasteiger partial charge is 0.243 e. The average Bonchev–Trinajstić information content (AvgIpc) is 3.21. The molecule has 2 aromatic carbocycles. The molecule has 0 spiro atoms. The normalized spacial score (nSPS) is 19.5. The Hall–Kier alpha value is -3.24. The summed E-state index contributed by atoms with van der Waals surface area (Å²) in [5.41, 5.74) is 1.76. The lowest BCUT2D eigenvalue weighted by atomic mass is 10.0. The summed E-state index contributed by atoms with van der Waals surface area (Å²) in [7, 11) is -3.56. The molecule has 2 aliphatic heterocycles. The van der Waals surface area contributed by atoms with E-state index < -0.39 is 15.9 Å². The number of anilines is 3. The monoisotopic (exact) mass is 498 g/mol. The highest BCUT2D eigenvalue weighted by molar-refractivity contribution is 7.89. The molecule has 2 N–H and O–H groups in total. The summed E-state index contributed by atoms with van der Waals surface area (Å²) in [5, 5.41) is 5.47. The van der Waals surface area contributed by atoms with Gasteiger partial charge in [-0.1, -0.05) is 6.92 Å². The van der Waals surface area contributed by atoms with Gasteiger partial charge in [-0.25, -0.2) is 8.42 Å². The number of hydrogen-bond acceptors (Lipinski definition) is 5. The zero-order valence-electron chi connectivity index (χ0n) is 19.9. The summed E-state index contributed by atoms with van der Waals surface area (Å²) in [6.45, 7) is 4.82. The molecule has 0 bridgehead atoms. The number of piperidine rings is 1. The largest absolute Gasteiger partial charge is 0.326 e. The molecular weight excluding hydrogens is 468 g/mol. The Morgan fingerprint density at radius 1 is 0.914 bits per heavy atom. The van der Waals surface area contributed by atoms with Gasteiger partial charge in [0.2, 0.25) is 27.7 Å². The highest BCUT2D eigenvalue weighted by atomic mass is 32.2. The Morgan fingerprint density at radius 3 is 2.09 bits per heavy atom. The fraction of sp³-hybridized carbons (Fsp3) is 0.400. The first kappa shape index (κ1) is 24.9. The molecule has 0 aliphatic carbocycles.